The first-order valence-electron chi connectivity index (χ1n) is 20.1. The summed E-state index contributed by atoms with van der Waals surface area (Å²) < 4.78 is 54.1. The van der Waals surface area contributed by atoms with Crippen LogP contribution in [0, 0.1) is 0 Å². The molecule has 11 nitrogen and oxygen atoms in total. The molecule has 2 aliphatic rings. The molecule has 6 aromatic carbocycles. The molecule has 2 aliphatic carbocycles. The van der Waals surface area contributed by atoms with Gasteiger partial charge in [0.15, 0.2) is 23.1 Å². The molecule has 0 unspecified atom stereocenters. The first-order chi connectivity index (χ1) is 30.3. The van der Waals surface area contributed by atoms with E-state index in [4.69, 9.17) is 0 Å². The third-order valence-corrected chi connectivity index (χ3v) is 15.8. The Kier molecular flexibility index (Phi) is 14.1. The number of nitrogens with zero attached hydrogens (tertiary/aromatic N) is 1. The first-order valence-corrected chi connectivity index (χ1v) is 24.7. The van der Waals surface area contributed by atoms with E-state index in [2.05, 4.69) is 4.72 Å². The fourth-order valence-corrected chi connectivity index (χ4v) is 11.8. The average Bonchev–Trinajstić information content (AvgIpc) is 3.30. The Bertz CT molecular complexity index is 2960. The van der Waals surface area contributed by atoms with Crippen LogP contribution in [0.1, 0.15) is 90.4 Å². The topological polar surface area (TPSA) is 172 Å². The molecule has 63 heavy (non-hydrogen) atoms. The van der Waals surface area contributed by atoms with Crippen LogP contribution in [0.25, 0.3) is 0 Å². The number of carbonyl (C=O) groups is 4. The normalized spacial score (nSPS) is 13.1. The molecule has 2 N–H and O–H groups in total. The second-order valence-electron chi connectivity index (χ2n) is 14.4. The third kappa shape index (κ3) is 9.41. The van der Waals surface area contributed by atoms with Crippen LogP contribution in [0.2, 0.25) is 0 Å². The lowest BCUT2D eigenvalue weighted by Crippen LogP contribution is -2.34. The quantitative estimate of drug-likeness (QED) is 0.108. The minimum Gasteiger partial charge on any atom is -0.395 e. The van der Waals surface area contributed by atoms with Crippen LogP contribution in [-0.4, -0.2) is 75.6 Å². The molecule has 0 spiro atoms. The SMILES string of the molecule is CCCN(CCO)S(=O)(=O)c1ccc(Sc2cccc3c2C(=O)c2ccccc2C3=O)cc1.CCCNS(=O)(=O)c1ccc(Sc2cccc3c2C(=O)c2ccccc2C3=O)cc1. The summed E-state index contributed by atoms with van der Waals surface area (Å²) in [6, 6.07) is 37.0. The summed E-state index contributed by atoms with van der Waals surface area (Å²) in [6.45, 7) is 4.28. The molecule has 0 atom stereocenters. The van der Waals surface area contributed by atoms with E-state index in [0.717, 1.165) is 9.79 Å². The summed E-state index contributed by atoms with van der Waals surface area (Å²) in [6.07, 6.45) is 1.35. The van der Waals surface area contributed by atoms with E-state index in [9.17, 15) is 41.1 Å². The van der Waals surface area contributed by atoms with Gasteiger partial charge in [0.05, 0.1) is 16.4 Å². The van der Waals surface area contributed by atoms with E-state index >= 15 is 0 Å². The van der Waals surface area contributed by atoms with Gasteiger partial charge in [0.25, 0.3) is 0 Å². The Balaban J connectivity index is 0.000000190. The zero-order chi connectivity index (χ0) is 44.9. The number of aliphatic hydroxyl groups is 1. The van der Waals surface area contributed by atoms with E-state index in [-0.39, 0.29) is 46.1 Å². The van der Waals surface area contributed by atoms with Gasteiger partial charge in [-0.05, 0) is 73.5 Å². The number of hydrogen-bond donors (Lipinski definition) is 2. The predicted molar refractivity (Wildman–Crippen MR) is 242 cm³/mol. The summed E-state index contributed by atoms with van der Waals surface area (Å²) in [4.78, 5) is 55.2. The number of hydrogen-bond acceptors (Lipinski definition) is 11. The van der Waals surface area contributed by atoms with Crippen LogP contribution < -0.4 is 4.72 Å². The van der Waals surface area contributed by atoms with Gasteiger partial charge < -0.3 is 5.11 Å². The van der Waals surface area contributed by atoms with Crippen LogP contribution in [0.15, 0.2) is 163 Å². The van der Waals surface area contributed by atoms with Crippen molar-refractivity contribution in [3.63, 3.8) is 0 Å². The van der Waals surface area contributed by atoms with Gasteiger partial charge in [-0.15, -0.1) is 0 Å². The minimum atomic E-state index is -3.71. The highest BCUT2D eigenvalue weighted by Crippen LogP contribution is 2.39. The van der Waals surface area contributed by atoms with Gasteiger partial charge in [-0.3, -0.25) is 19.2 Å². The highest BCUT2D eigenvalue weighted by atomic mass is 32.2. The summed E-state index contributed by atoms with van der Waals surface area (Å²) in [5, 5.41) is 9.22. The summed E-state index contributed by atoms with van der Waals surface area (Å²) >= 11 is 2.64. The molecule has 0 saturated carbocycles. The Hall–Kier alpha value is -5.52. The van der Waals surface area contributed by atoms with Crippen molar-refractivity contribution < 1.29 is 41.1 Å². The van der Waals surface area contributed by atoms with E-state index in [1.807, 2.05) is 13.8 Å². The van der Waals surface area contributed by atoms with Crippen molar-refractivity contribution in [3.8, 4) is 0 Å². The second kappa shape index (κ2) is 19.5. The molecule has 0 saturated heterocycles. The van der Waals surface area contributed by atoms with E-state index in [0.29, 0.717) is 80.2 Å². The lowest BCUT2D eigenvalue weighted by Gasteiger charge is -2.21. The number of ketones is 4. The minimum absolute atomic E-state index is 0.0421. The standard InChI is InChI=1S/C25H23NO5S2.C23H19NO4S2/c1-2-14-26(15-16-27)33(30,31)18-12-10-17(11-13-18)32-22-9-5-8-21-23(22)25(29)20-7-4-3-6-19(20)24(21)28;1-2-14-24-30(27,28)16-12-10-15(11-13-16)29-20-9-5-8-19-21(20)23(26)18-7-4-3-6-17(18)22(19)25/h3-13,27H,2,14-16H2,1H3;3-13,24H,2,14H2,1H3. The molecule has 0 heterocycles. The number of fused-ring (bicyclic) bond motifs is 4. The number of sulfonamides is 2. The van der Waals surface area contributed by atoms with Crippen LogP contribution in [-0.2, 0) is 20.0 Å². The fraction of sp³-hybridized carbons (Fsp3) is 0.167. The first kappa shape index (κ1) is 45.5. The zero-order valence-corrected chi connectivity index (χ0v) is 37.5. The third-order valence-electron chi connectivity index (χ3n) is 10.2. The van der Waals surface area contributed by atoms with Crippen molar-refractivity contribution in [2.75, 3.05) is 26.2 Å². The molecule has 0 fully saturated rings. The molecule has 0 amide bonds. The van der Waals surface area contributed by atoms with Crippen molar-refractivity contribution in [1.29, 1.82) is 0 Å². The number of rotatable bonds is 14. The Morgan fingerprint density at radius 1 is 0.492 bits per heavy atom. The molecule has 0 aromatic heterocycles. The molecule has 15 heteroatoms. The molecule has 0 aliphatic heterocycles. The molecular formula is C48H42N2O9S4. The summed E-state index contributed by atoms with van der Waals surface area (Å²) in [7, 11) is -7.25. The van der Waals surface area contributed by atoms with Crippen LogP contribution in [0.5, 0.6) is 0 Å². The van der Waals surface area contributed by atoms with Crippen molar-refractivity contribution in [3.05, 3.63) is 178 Å². The Morgan fingerprint density at radius 3 is 1.32 bits per heavy atom. The lowest BCUT2D eigenvalue weighted by molar-refractivity contribution is 0.0977. The van der Waals surface area contributed by atoms with Gasteiger partial charge in [0.1, 0.15) is 0 Å². The number of nitrogens with one attached hydrogen (secondary N) is 1. The van der Waals surface area contributed by atoms with Crippen LogP contribution in [0.3, 0.4) is 0 Å². The van der Waals surface area contributed by atoms with E-state index < -0.39 is 20.0 Å². The van der Waals surface area contributed by atoms with Crippen LogP contribution in [0.4, 0.5) is 0 Å². The fourth-order valence-electron chi connectivity index (χ4n) is 7.20. The monoisotopic (exact) mass is 918 g/mol. The van der Waals surface area contributed by atoms with Gasteiger partial charge in [-0.25, -0.2) is 21.6 Å². The number of carbonyl (C=O) groups excluding carboxylic acids is 4. The van der Waals surface area contributed by atoms with Gasteiger partial charge in [-0.1, -0.05) is 110 Å². The molecular weight excluding hydrogens is 877 g/mol. The van der Waals surface area contributed by atoms with Crippen molar-refractivity contribution in [1.82, 2.24) is 9.03 Å². The van der Waals surface area contributed by atoms with Crippen LogP contribution >= 0.6 is 23.5 Å². The van der Waals surface area contributed by atoms with Gasteiger partial charge in [0.2, 0.25) is 20.0 Å². The second-order valence-corrected chi connectivity index (χ2v) is 20.4. The number of aliphatic hydroxyl groups excluding tert-OH is 1. The van der Waals surface area contributed by atoms with Gasteiger partial charge >= 0.3 is 0 Å². The molecule has 8 rings (SSSR count). The average molecular weight is 919 g/mol. The number of benzene rings is 6. The maximum atomic E-state index is 13.2. The van der Waals surface area contributed by atoms with Crippen molar-refractivity contribution in [2.24, 2.45) is 0 Å². The highest BCUT2D eigenvalue weighted by Gasteiger charge is 2.33. The maximum Gasteiger partial charge on any atom is 0.243 e. The van der Waals surface area contributed by atoms with E-state index in [1.165, 1.54) is 52.1 Å². The zero-order valence-electron chi connectivity index (χ0n) is 34.2. The van der Waals surface area contributed by atoms with Gasteiger partial charge in [0, 0.05) is 83.7 Å². The van der Waals surface area contributed by atoms with Crippen molar-refractivity contribution >= 4 is 66.7 Å². The molecule has 0 bridgehead atoms. The highest BCUT2D eigenvalue weighted by molar-refractivity contribution is 7.99. The van der Waals surface area contributed by atoms with Crippen molar-refractivity contribution in [2.45, 2.75) is 56.1 Å². The lowest BCUT2D eigenvalue weighted by atomic mass is 9.84. The Morgan fingerprint density at radius 2 is 0.905 bits per heavy atom. The molecule has 6 aromatic rings. The molecule has 322 valence electrons. The summed E-state index contributed by atoms with van der Waals surface area (Å²) in [5.74, 6) is -0.706. The molecule has 0 radical (unpaired) electrons. The van der Waals surface area contributed by atoms with Gasteiger partial charge in [-0.2, -0.15) is 4.31 Å². The smallest absolute Gasteiger partial charge is 0.243 e. The largest absolute Gasteiger partial charge is 0.395 e. The summed E-state index contributed by atoms with van der Waals surface area (Å²) in [5.41, 5.74) is 3.18. The Labute approximate surface area is 375 Å². The van der Waals surface area contributed by atoms with E-state index in [1.54, 1.807) is 109 Å². The predicted octanol–water partition coefficient (Wildman–Crippen LogP) is 8.31. The maximum absolute atomic E-state index is 13.2.